The lowest BCUT2D eigenvalue weighted by molar-refractivity contribution is -0.0277. The average molecular weight is 311 g/mol. The van der Waals surface area contributed by atoms with Gasteiger partial charge < -0.3 is 14.6 Å². The minimum atomic E-state index is -0.688. The highest BCUT2D eigenvalue weighted by Crippen LogP contribution is 2.35. The summed E-state index contributed by atoms with van der Waals surface area (Å²) in [4.78, 5) is 2.38. The molecule has 4 rings (SSSR count). The lowest BCUT2D eigenvalue weighted by Gasteiger charge is -2.38. The normalized spacial score (nSPS) is 19.7. The lowest BCUT2D eigenvalue weighted by Crippen LogP contribution is -2.42. The van der Waals surface area contributed by atoms with E-state index in [4.69, 9.17) is 9.47 Å². The third-order valence-electron chi connectivity index (χ3n) is 4.84. The van der Waals surface area contributed by atoms with Crippen LogP contribution >= 0.6 is 0 Å². The molecule has 0 saturated carbocycles. The summed E-state index contributed by atoms with van der Waals surface area (Å²) in [5.74, 6) is 1.66. The highest BCUT2D eigenvalue weighted by atomic mass is 16.7. The van der Waals surface area contributed by atoms with E-state index in [1.165, 1.54) is 5.56 Å². The lowest BCUT2D eigenvalue weighted by atomic mass is 9.84. The number of rotatable bonds is 3. The van der Waals surface area contributed by atoms with E-state index in [-0.39, 0.29) is 0 Å². The van der Waals surface area contributed by atoms with Crippen LogP contribution in [-0.2, 0) is 12.1 Å². The van der Waals surface area contributed by atoms with E-state index in [1.807, 2.05) is 36.4 Å². The van der Waals surface area contributed by atoms with E-state index in [0.717, 1.165) is 49.5 Å². The van der Waals surface area contributed by atoms with Gasteiger partial charge in [-0.05, 0) is 36.1 Å². The van der Waals surface area contributed by atoms with Gasteiger partial charge in [0, 0.05) is 19.6 Å². The van der Waals surface area contributed by atoms with E-state index >= 15 is 0 Å². The molecule has 0 aliphatic carbocycles. The first kappa shape index (κ1) is 14.5. The average Bonchev–Trinajstić information content (AvgIpc) is 3.06. The Morgan fingerprint density at radius 1 is 0.957 bits per heavy atom. The van der Waals surface area contributed by atoms with Gasteiger partial charge in [0.2, 0.25) is 6.79 Å². The number of ether oxygens (including phenoxy) is 2. The van der Waals surface area contributed by atoms with Gasteiger partial charge in [-0.15, -0.1) is 0 Å². The van der Waals surface area contributed by atoms with Crippen LogP contribution in [0.1, 0.15) is 24.0 Å². The van der Waals surface area contributed by atoms with Crippen LogP contribution in [-0.4, -0.2) is 29.9 Å². The first-order valence-electron chi connectivity index (χ1n) is 8.12. The Morgan fingerprint density at radius 3 is 2.48 bits per heavy atom. The van der Waals surface area contributed by atoms with Gasteiger partial charge in [-0.1, -0.05) is 36.4 Å². The van der Waals surface area contributed by atoms with Crippen LogP contribution in [0.15, 0.2) is 48.5 Å². The van der Waals surface area contributed by atoms with Crippen molar-refractivity contribution in [1.82, 2.24) is 4.90 Å². The van der Waals surface area contributed by atoms with Crippen LogP contribution in [0, 0.1) is 0 Å². The molecule has 2 aromatic carbocycles. The predicted molar refractivity (Wildman–Crippen MR) is 87.4 cm³/mol. The molecule has 2 aromatic rings. The number of nitrogens with zero attached hydrogens (tertiary/aromatic N) is 1. The maximum Gasteiger partial charge on any atom is 0.231 e. The summed E-state index contributed by atoms with van der Waals surface area (Å²) in [7, 11) is 0. The van der Waals surface area contributed by atoms with Gasteiger partial charge >= 0.3 is 0 Å². The molecule has 2 aliphatic heterocycles. The molecule has 0 bridgehead atoms. The Morgan fingerprint density at radius 2 is 1.70 bits per heavy atom. The van der Waals surface area contributed by atoms with Gasteiger partial charge in [0.15, 0.2) is 11.5 Å². The third kappa shape index (κ3) is 2.92. The van der Waals surface area contributed by atoms with Crippen LogP contribution in [0.2, 0.25) is 0 Å². The summed E-state index contributed by atoms with van der Waals surface area (Å²) in [6, 6.07) is 16.1. The predicted octanol–water partition coefficient (Wildman–Crippen LogP) is 2.90. The van der Waals surface area contributed by atoms with Crippen LogP contribution in [0.5, 0.6) is 11.5 Å². The van der Waals surface area contributed by atoms with Crippen molar-refractivity contribution < 1.29 is 14.6 Å². The number of fused-ring (bicyclic) bond motifs is 1. The molecule has 23 heavy (non-hydrogen) atoms. The minimum Gasteiger partial charge on any atom is -0.454 e. The zero-order chi connectivity index (χ0) is 15.7. The van der Waals surface area contributed by atoms with Crippen molar-refractivity contribution in [2.24, 2.45) is 0 Å². The smallest absolute Gasteiger partial charge is 0.231 e. The Kier molecular flexibility index (Phi) is 3.71. The van der Waals surface area contributed by atoms with E-state index < -0.39 is 5.60 Å². The highest BCUT2D eigenvalue weighted by molar-refractivity contribution is 5.44. The number of piperidine rings is 1. The molecule has 2 heterocycles. The highest BCUT2D eigenvalue weighted by Gasteiger charge is 2.33. The summed E-state index contributed by atoms with van der Waals surface area (Å²) in [6.07, 6.45) is 1.53. The van der Waals surface area contributed by atoms with Crippen molar-refractivity contribution in [3.05, 3.63) is 59.7 Å². The van der Waals surface area contributed by atoms with Crippen LogP contribution in [0.4, 0.5) is 0 Å². The molecule has 0 amide bonds. The second-order valence-corrected chi connectivity index (χ2v) is 6.36. The van der Waals surface area contributed by atoms with Gasteiger partial charge in [0.25, 0.3) is 0 Å². The molecular formula is C19H21NO3. The molecule has 0 aromatic heterocycles. The molecule has 120 valence electrons. The van der Waals surface area contributed by atoms with Gasteiger partial charge in [-0.2, -0.15) is 0 Å². The molecule has 1 fully saturated rings. The van der Waals surface area contributed by atoms with Crippen molar-refractivity contribution in [3.8, 4) is 11.5 Å². The van der Waals surface area contributed by atoms with Crippen molar-refractivity contribution in [2.45, 2.75) is 25.0 Å². The summed E-state index contributed by atoms with van der Waals surface area (Å²) < 4.78 is 10.8. The molecule has 1 saturated heterocycles. The molecule has 0 unspecified atom stereocenters. The quantitative estimate of drug-likeness (QED) is 0.946. The monoisotopic (exact) mass is 311 g/mol. The van der Waals surface area contributed by atoms with E-state index in [9.17, 15) is 5.11 Å². The fourth-order valence-electron chi connectivity index (χ4n) is 3.42. The topological polar surface area (TPSA) is 41.9 Å². The summed E-state index contributed by atoms with van der Waals surface area (Å²) in [5.41, 5.74) is 1.56. The second kappa shape index (κ2) is 5.87. The number of hydrogen-bond acceptors (Lipinski definition) is 4. The van der Waals surface area contributed by atoms with E-state index in [1.54, 1.807) is 0 Å². The van der Waals surface area contributed by atoms with Crippen LogP contribution in [0.3, 0.4) is 0 Å². The first-order chi connectivity index (χ1) is 11.2. The number of hydrogen-bond donors (Lipinski definition) is 1. The van der Waals surface area contributed by atoms with Crippen molar-refractivity contribution in [1.29, 1.82) is 0 Å². The molecule has 0 radical (unpaired) electrons. The molecule has 0 atom stereocenters. The molecule has 4 heteroatoms. The summed E-state index contributed by atoms with van der Waals surface area (Å²) in [6.45, 7) is 2.97. The van der Waals surface area contributed by atoms with E-state index in [0.29, 0.717) is 6.79 Å². The zero-order valence-corrected chi connectivity index (χ0v) is 13.1. The third-order valence-corrected chi connectivity index (χ3v) is 4.84. The Hall–Kier alpha value is -2.04. The molecule has 1 N–H and O–H groups in total. The van der Waals surface area contributed by atoms with Crippen LogP contribution < -0.4 is 9.47 Å². The molecule has 4 nitrogen and oxygen atoms in total. The maximum absolute atomic E-state index is 10.9. The SMILES string of the molecule is OC1(c2ccccc2)CCN(Cc2ccc3c(c2)OCO3)CC1. The number of benzene rings is 2. The van der Waals surface area contributed by atoms with Crippen molar-refractivity contribution in [3.63, 3.8) is 0 Å². The van der Waals surface area contributed by atoms with Crippen molar-refractivity contribution >= 4 is 0 Å². The van der Waals surface area contributed by atoms with E-state index in [2.05, 4.69) is 17.0 Å². The second-order valence-electron chi connectivity index (χ2n) is 6.36. The minimum absolute atomic E-state index is 0.312. The number of likely N-dealkylation sites (tertiary alicyclic amines) is 1. The van der Waals surface area contributed by atoms with Crippen LogP contribution in [0.25, 0.3) is 0 Å². The summed E-state index contributed by atoms with van der Waals surface area (Å²) >= 11 is 0. The number of aliphatic hydroxyl groups is 1. The fourth-order valence-corrected chi connectivity index (χ4v) is 3.42. The Bertz CT molecular complexity index is 678. The standard InChI is InChI=1S/C19H21NO3/c21-19(16-4-2-1-3-5-16)8-10-20(11-9-19)13-15-6-7-17-18(12-15)23-14-22-17/h1-7,12,21H,8-11,13-14H2. The van der Waals surface area contributed by atoms with Gasteiger partial charge in [-0.3, -0.25) is 4.90 Å². The fraction of sp³-hybridized carbons (Fsp3) is 0.368. The largest absolute Gasteiger partial charge is 0.454 e. The van der Waals surface area contributed by atoms with Crippen molar-refractivity contribution in [2.75, 3.05) is 19.9 Å². The molecular weight excluding hydrogens is 290 g/mol. The Labute approximate surface area is 136 Å². The Balaban J connectivity index is 1.40. The van der Waals surface area contributed by atoms with Gasteiger partial charge in [-0.25, -0.2) is 0 Å². The zero-order valence-electron chi connectivity index (χ0n) is 13.1. The summed E-state index contributed by atoms with van der Waals surface area (Å²) in [5, 5.41) is 10.9. The molecule has 2 aliphatic rings. The van der Waals surface area contributed by atoms with Gasteiger partial charge in [0.05, 0.1) is 5.60 Å². The maximum atomic E-state index is 10.9. The molecule has 0 spiro atoms. The first-order valence-corrected chi connectivity index (χ1v) is 8.12. The van der Waals surface area contributed by atoms with Gasteiger partial charge in [0.1, 0.15) is 0 Å².